The molecule has 2 aliphatic heterocycles. The van der Waals surface area contributed by atoms with Gasteiger partial charge in [0.05, 0.1) is 41.4 Å². The van der Waals surface area contributed by atoms with E-state index in [1.165, 1.54) is 20.7 Å². The van der Waals surface area contributed by atoms with Gasteiger partial charge in [-0.05, 0) is 43.3 Å². The number of nitrogens with one attached hydrogen (secondary N) is 2. The van der Waals surface area contributed by atoms with Crippen LogP contribution in [0.5, 0.6) is 5.88 Å². The molecular weight excluding hydrogens is 472 g/mol. The first kappa shape index (κ1) is 23.3. The van der Waals surface area contributed by atoms with Crippen LogP contribution in [0.4, 0.5) is 5.69 Å². The van der Waals surface area contributed by atoms with Crippen LogP contribution in [0, 0.1) is 0 Å². The lowest BCUT2D eigenvalue weighted by atomic mass is 10.1. The number of pyridine rings is 1. The highest BCUT2D eigenvalue weighted by Crippen LogP contribution is 2.41. The van der Waals surface area contributed by atoms with Gasteiger partial charge in [0, 0.05) is 59.1 Å². The fourth-order valence-corrected chi connectivity index (χ4v) is 5.93. The van der Waals surface area contributed by atoms with Gasteiger partial charge in [0.1, 0.15) is 6.61 Å². The molecule has 3 aromatic heterocycles. The first-order valence-corrected chi connectivity index (χ1v) is 13.3. The lowest BCUT2D eigenvalue weighted by molar-refractivity contribution is 0.0320. The molecule has 1 fully saturated rings. The number of thiophene rings is 1. The molecule has 1 aromatic carbocycles. The van der Waals surface area contributed by atoms with Crippen molar-refractivity contribution in [3.8, 4) is 17.1 Å². The van der Waals surface area contributed by atoms with Crippen molar-refractivity contribution < 1.29 is 9.47 Å². The van der Waals surface area contributed by atoms with E-state index in [1.54, 1.807) is 6.08 Å². The Morgan fingerprint density at radius 2 is 2.11 bits per heavy atom. The Kier molecular flexibility index (Phi) is 6.54. The van der Waals surface area contributed by atoms with Crippen molar-refractivity contribution in [1.29, 1.82) is 0 Å². The Morgan fingerprint density at radius 1 is 1.22 bits per heavy atom. The van der Waals surface area contributed by atoms with Gasteiger partial charge in [-0.1, -0.05) is 6.58 Å². The van der Waals surface area contributed by atoms with Crippen LogP contribution in [0.25, 0.3) is 38.3 Å². The third-order valence-corrected chi connectivity index (χ3v) is 7.96. The van der Waals surface area contributed by atoms with Gasteiger partial charge in [0.15, 0.2) is 0 Å². The summed E-state index contributed by atoms with van der Waals surface area (Å²) < 4.78 is 12.8. The molecule has 6 rings (SSSR count). The molecule has 36 heavy (non-hydrogen) atoms. The van der Waals surface area contributed by atoms with Gasteiger partial charge in [0.2, 0.25) is 5.88 Å². The molecule has 0 spiro atoms. The normalized spacial score (nSPS) is 18.5. The van der Waals surface area contributed by atoms with E-state index in [0.717, 1.165) is 68.1 Å². The van der Waals surface area contributed by atoms with Crippen molar-refractivity contribution in [2.24, 2.45) is 0 Å². The van der Waals surface area contributed by atoms with Crippen LogP contribution in [0.3, 0.4) is 0 Å². The highest BCUT2D eigenvalue weighted by Gasteiger charge is 2.20. The summed E-state index contributed by atoms with van der Waals surface area (Å²) in [5.41, 5.74) is 4.51. The summed E-state index contributed by atoms with van der Waals surface area (Å²) >= 11 is 1.84. The minimum absolute atomic E-state index is 0.430. The fraction of sp³-hybridized carbons (Fsp3) is 0.370. The topological polar surface area (TPSA) is 84.4 Å². The maximum Gasteiger partial charge on any atom is 0.243 e. The number of morpholine rings is 1. The van der Waals surface area contributed by atoms with Crippen molar-refractivity contribution in [2.45, 2.75) is 19.5 Å². The van der Waals surface area contributed by atoms with Crippen LogP contribution in [-0.4, -0.2) is 72.1 Å². The summed E-state index contributed by atoms with van der Waals surface area (Å²) in [5, 5.41) is 18.3. The lowest BCUT2D eigenvalue weighted by Crippen LogP contribution is -2.38. The molecule has 2 aliphatic rings. The number of fused-ring (bicyclic) bond motifs is 5. The second kappa shape index (κ2) is 10.1. The average Bonchev–Trinajstić information content (AvgIpc) is 3.19. The summed E-state index contributed by atoms with van der Waals surface area (Å²) in [7, 11) is 0. The minimum atomic E-state index is 0.430. The van der Waals surface area contributed by atoms with Crippen molar-refractivity contribution >= 4 is 44.1 Å². The predicted octanol–water partition coefficient (Wildman–Crippen LogP) is 4.16. The summed E-state index contributed by atoms with van der Waals surface area (Å²) in [4.78, 5) is 8.73. The molecule has 4 aromatic rings. The maximum atomic E-state index is 6.12. The number of nitrogens with zero attached hydrogens (tertiary/aromatic N) is 4. The van der Waals surface area contributed by atoms with Crippen LogP contribution in [0.2, 0.25) is 0 Å². The molecule has 9 heteroatoms. The molecular formula is C27H30N6O2S. The summed E-state index contributed by atoms with van der Waals surface area (Å²) in [5.74, 6) is 0.493. The molecule has 0 radical (unpaired) electrons. The van der Waals surface area contributed by atoms with Crippen molar-refractivity contribution in [1.82, 2.24) is 25.4 Å². The zero-order chi connectivity index (χ0) is 24.5. The Hall–Kier alpha value is -3.11. The van der Waals surface area contributed by atoms with Gasteiger partial charge in [-0.2, -0.15) is 0 Å². The van der Waals surface area contributed by atoms with E-state index in [1.807, 2.05) is 17.4 Å². The van der Waals surface area contributed by atoms with E-state index in [9.17, 15) is 0 Å². The van der Waals surface area contributed by atoms with Gasteiger partial charge in [-0.3, -0.25) is 4.90 Å². The molecule has 8 nitrogen and oxygen atoms in total. The van der Waals surface area contributed by atoms with Crippen molar-refractivity contribution in [3.05, 3.63) is 47.5 Å². The van der Waals surface area contributed by atoms with Gasteiger partial charge in [-0.25, -0.2) is 4.98 Å². The number of rotatable bonds is 6. The number of anilines is 1. The monoisotopic (exact) mass is 502 g/mol. The zero-order valence-electron chi connectivity index (χ0n) is 20.4. The first-order chi connectivity index (χ1) is 17.7. The molecule has 5 heterocycles. The number of benzene rings is 1. The van der Waals surface area contributed by atoms with E-state index >= 15 is 0 Å². The third kappa shape index (κ3) is 4.55. The van der Waals surface area contributed by atoms with Crippen LogP contribution in [0.15, 0.2) is 36.9 Å². The van der Waals surface area contributed by atoms with E-state index in [4.69, 9.17) is 14.5 Å². The van der Waals surface area contributed by atoms with Crippen LogP contribution >= 0.6 is 11.3 Å². The molecule has 0 unspecified atom stereocenters. The Bertz CT molecular complexity index is 1410. The number of hydrogen-bond donors (Lipinski definition) is 2. The molecule has 0 saturated carbocycles. The van der Waals surface area contributed by atoms with Crippen LogP contribution in [0.1, 0.15) is 17.5 Å². The van der Waals surface area contributed by atoms with Gasteiger partial charge in [-0.15, -0.1) is 21.5 Å². The molecule has 0 bridgehead atoms. The molecule has 1 saturated heterocycles. The number of aromatic nitrogens is 3. The Labute approximate surface area is 214 Å². The average molecular weight is 503 g/mol. The number of hydrogen-bond acceptors (Lipinski definition) is 9. The molecule has 1 atom stereocenters. The van der Waals surface area contributed by atoms with E-state index < -0.39 is 0 Å². The standard InChI is InChI=1S/C27H30N6O2S/c1-3-18-14-20(27(32-31-18)35-13-10-33-8-11-34-12-9-33)22-5-4-19-21(30-22)6-7-23-25(19)26-24(36-23)16-28-17(2)15-29-26/h3-7,14,17,28-29H,1,8-13,15-16H2,2H3/t17-/m1/s1. The SMILES string of the molecule is C=Cc1cc(-c2ccc3c(ccc4sc5c(c43)NC[C@@H](C)NC5)n2)c(OCCN2CCOCC2)nn1. The largest absolute Gasteiger partial charge is 0.475 e. The first-order valence-electron chi connectivity index (χ1n) is 12.5. The maximum absolute atomic E-state index is 6.12. The van der Waals surface area contributed by atoms with E-state index in [0.29, 0.717) is 24.2 Å². The molecule has 2 N–H and O–H groups in total. The summed E-state index contributed by atoms with van der Waals surface area (Å²) in [6.07, 6.45) is 1.69. The second-order valence-corrected chi connectivity index (χ2v) is 10.4. The van der Waals surface area contributed by atoms with Gasteiger partial charge in [0.25, 0.3) is 0 Å². The molecule has 186 valence electrons. The Balaban J connectivity index is 1.34. The van der Waals surface area contributed by atoms with Gasteiger partial charge < -0.3 is 20.1 Å². The fourth-order valence-electron chi connectivity index (χ4n) is 4.79. The molecule has 0 amide bonds. The predicted molar refractivity (Wildman–Crippen MR) is 146 cm³/mol. The minimum Gasteiger partial charge on any atom is -0.475 e. The third-order valence-electron chi connectivity index (χ3n) is 6.81. The van der Waals surface area contributed by atoms with Crippen molar-refractivity contribution in [2.75, 3.05) is 51.3 Å². The zero-order valence-corrected chi connectivity index (χ0v) is 21.2. The summed E-state index contributed by atoms with van der Waals surface area (Å²) in [6, 6.07) is 10.9. The van der Waals surface area contributed by atoms with E-state index in [-0.39, 0.29) is 0 Å². The molecule has 0 aliphatic carbocycles. The summed E-state index contributed by atoms with van der Waals surface area (Å²) in [6.45, 7) is 12.6. The van der Waals surface area contributed by atoms with Gasteiger partial charge >= 0.3 is 0 Å². The van der Waals surface area contributed by atoms with Crippen LogP contribution in [-0.2, 0) is 11.3 Å². The lowest BCUT2D eigenvalue weighted by Gasteiger charge is -2.26. The highest BCUT2D eigenvalue weighted by atomic mass is 32.1. The Morgan fingerprint density at radius 3 is 2.97 bits per heavy atom. The number of ether oxygens (including phenoxy) is 2. The van der Waals surface area contributed by atoms with E-state index in [2.05, 4.69) is 63.5 Å². The smallest absolute Gasteiger partial charge is 0.243 e. The highest BCUT2D eigenvalue weighted by molar-refractivity contribution is 7.20. The van der Waals surface area contributed by atoms with Crippen molar-refractivity contribution in [3.63, 3.8) is 0 Å². The second-order valence-electron chi connectivity index (χ2n) is 9.26. The quantitative estimate of drug-likeness (QED) is 0.407. The van der Waals surface area contributed by atoms with Crippen LogP contribution < -0.4 is 15.4 Å².